The summed E-state index contributed by atoms with van der Waals surface area (Å²) in [6.07, 6.45) is 2.60. The van der Waals surface area contributed by atoms with Crippen LogP contribution in [0, 0.1) is 18.6 Å². The van der Waals surface area contributed by atoms with Gasteiger partial charge in [0, 0.05) is 36.8 Å². The molecule has 1 aliphatic heterocycles. The molecule has 1 fully saturated rings. The first-order chi connectivity index (χ1) is 14.0. The summed E-state index contributed by atoms with van der Waals surface area (Å²) in [6.45, 7) is 4.46. The average Bonchev–Trinajstić information content (AvgIpc) is 3.29. The van der Waals surface area contributed by atoms with Crippen LogP contribution in [0.3, 0.4) is 0 Å². The third kappa shape index (κ3) is 4.35. The van der Waals surface area contributed by atoms with Crippen LogP contribution >= 0.6 is 0 Å². The Labute approximate surface area is 168 Å². The van der Waals surface area contributed by atoms with Crippen LogP contribution in [0.25, 0.3) is 0 Å². The normalized spacial score (nSPS) is 16.9. The number of rotatable bonds is 5. The zero-order valence-electron chi connectivity index (χ0n) is 16.1. The predicted octanol–water partition coefficient (Wildman–Crippen LogP) is 4.17. The SMILES string of the molecule is Cc1cnn([C@H]2CCN(Cc3ccccc3)C2)c1NC(=O)c1cc(F)cc(F)c1. The molecular formula is C22H22F2N4O. The van der Waals surface area contributed by atoms with Crippen molar-refractivity contribution in [1.29, 1.82) is 0 Å². The number of carbonyl (C=O) groups excluding carboxylic acids is 1. The lowest BCUT2D eigenvalue weighted by Crippen LogP contribution is -2.23. The van der Waals surface area contributed by atoms with E-state index in [-0.39, 0.29) is 11.6 Å². The molecule has 1 aromatic heterocycles. The highest BCUT2D eigenvalue weighted by atomic mass is 19.1. The maximum Gasteiger partial charge on any atom is 0.257 e. The zero-order chi connectivity index (χ0) is 20.4. The molecule has 2 heterocycles. The minimum atomic E-state index is -0.785. The van der Waals surface area contributed by atoms with Crippen molar-refractivity contribution in [2.75, 3.05) is 18.4 Å². The van der Waals surface area contributed by atoms with Gasteiger partial charge in [0.15, 0.2) is 0 Å². The fourth-order valence-electron chi connectivity index (χ4n) is 3.74. The Morgan fingerprint density at radius 1 is 1.17 bits per heavy atom. The van der Waals surface area contributed by atoms with Crippen molar-refractivity contribution in [1.82, 2.24) is 14.7 Å². The molecule has 0 unspecified atom stereocenters. The lowest BCUT2D eigenvalue weighted by molar-refractivity contribution is 0.102. The van der Waals surface area contributed by atoms with E-state index in [1.807, 2.05) is 29.8 Å². The van der Waals surface area contributed by atoms with Gasteiger partial charge in [-0.1, -0.05) is 30.3 Å². The number of aryl methyl sites for hydroxylation is 1. The molecule has 1 amide bonds. The second-order valence-corrected chi connectivity index (χ2v) is 7.40. The maximum absolute atomic E-state index is 13.5. The molecule has 7 heteroatoms. The predicted molar refractivity (Wildman–Crippen MR) is 107 cm³/mol. The number of carbonyl (C=O) groups is 1. The van der Waals surface area contributed by atoms with Gasteiger partial charge in [0.2, 0.25) is 0 Å². The van der Waals surface area contributed by atoms with Gasteiger partial charge in [0.05, 0.1) is 12.2 Å². The molecule has 4 rings (SSSR count). The number of amides is 1. The van der Waals surface area contributed by atoms with E-state index >= 15 is 0 Å². The summed E-state index contributed by atoms with van der Waals surface area (Å²) in [7, 11) is 0. The van der Waals surface area contributed by atoms with Crippen LogP contribution in [0.15, 0.2) is 54.7 Å². The number of halogens is 2. The van der Waals surface area contributed by atoms with Crippen LogP contribution in [-0.4, -0.2) is 33.7 Å². The number of aromatic nitrogens is 2. The number of likely N-dealkylation sites (tertiary alicyclic amines) is 1. The molecule has 1 atom stereocenters. The van der Waals surface area contributed by atoms with Crippen LogP contribution in [0.1, 0.15) is 33.9 Å². The van der Waals surface area contributed by atoms with Crippen molar-refractivity contribution in [3.63, 3.8) is 0 Å². The summed E-state index contributed by atoms with van der Waals surface area (Å²) in [5.74, 6) is -1.57. The molecule has 5 nitrogen and oxygen atoms in total. The van der Waals surface area contributed by atoms with Crippen LogP contribution in [0.4, 0.5) is 14.6 Å². The second-order valence-electron chi connectivity index (χ2n) is 7.40. The molecule has 29 heavy (non-hydrogen) atoms. The molecule has 2 aromatic carbocycles. The van der Waals surface area contributed by atoms with Gasteiger partial charge in [-0.2, -0.15) is 5.10 Å². The summed E-state index contributed by atoms with van der Waals surface area (Å²) in [5, 5.41) is 7.23. The average molecular weight is 396 g/mol. The van der Waals surface area contributed by atoms with E-state index in [1.165, 1.54) is 5.56 Å². The monoisotopic (exact) mass is 396 g/mol. The van der Waals surface area contributed by atoms with E-state index in [0.29, 0.717) is 5.82 Å². The smallest absolute Gasteiger partial charge is 0.257 e. The Bertz CT molecular complexity index is 999. The number of nitrogens with one attached hydrogen (secondary N) is 1. The molecule has 0 spiro atoms. The molecule has 1 saturated heterocycles. The Balaban J connectivity index is 1.48. The highest BCUT2D eigenvalue weighted by molar-refractivity contribution is 6.04. The molecule has 0 saturated carbocycles. The van der Waals surface area contributed by atoms with Gasteiger partial charge in [-0.05, 0) is 31.0 Å². The molecular weight excluding hydrogens is 374 g/mol. The van der Waals surface area contributed by atoms with Gasteiger partial charge in [-0.15, -0.1) is 0 Å². The van der Waals surface area contributed by atoms with Gasteiger partial charge >= 0.3 is 0 Å². The first-order valence-electron chi connectivity index (χ1n) is 9.57. The minimum Gasteiger partial charge on any atom is -0.307 e. The standard InChI is InChI=1S/C22H22F2N4O/c1-15-12-25-28(20-7-8-27(14-20)13-16-5-3-2-4-6-16)21(15)26-22(29)17-9-18(23)11-19(24)10-17/h2-6,9-12,20H,7-8,13-14H2,1H3,(H,26,29)/t20-/m0/s1. The lowest BCUT2D eigenvalue weighted by Gasteiger charge is -2.18. The van der Waals surface area contributed by atoms with Gasteiger partial charge in [-0.25, -0.2) is 13.5 Å². The van der Waals surface area contributed by atoms with E-state index in [1.54, 1.807) is 6.20 Å². The van der Waals surface area contributed by atoms with Gasteiger partial charge in [0.25, 0.3) is 5.91 Å². The Kier molecular flexibility index (Phi) is 5.40. The third-order valence-electron chi connectivity index (χ3n) is 5.18. The van der Waals surface area contributed by atoms with E-state index in [4.69, 9.17) is 0 Å². The van der Waals surface area contributed by atoms with Crippen LogP contribution < -0.4 is 5.32 Å². The first-order valence-corrected chi connectivity index (χ1v) is 9.57. The Hall–Kier alpha value is -3.06. The lowest BCUT2D eigenvalue weighted by atomic mass is 10.2. The molecule has 150 valence electrons. The third-order valence-corrected chi connectivity index (χ3v) is 5.18. The molecule has 0 bridgehead atoms. The Morgan fingerprint density at radius 2 is 1.90 bits per heavy atom. The van der Waals surface area contributed by atoms with Crippen LogP contribution in [-0.2, 0) is 6.54 Å². The first kappa shape index (κ1) is 19.3. The topological polar surface area (TPSA) is 50.2 Å². The minimum absolute atomic E-state index is 0.0632. The number of hydrogen-bond acceptors (Lipinski definition) is 3. The summed E-state index contributed by atoms with van der Waals surface area (Å²) in [5.41, 5.74) is 2.00. The number of anilines is 1. The van der Waals surface area contributed by atoms with Crippen molar-refractivity contribution in [3.05, 3.63) is 83.1 Å². The Morgan fingerprint density at radius 3 is 2.62 bits per heavy atom. The summed E-state index contributed by atoms with van der Waals surface area (Å²) >= 11 is 0. The number of benzene rings is 2. The molecule has 0 radical (unpaired) electrons. The molecule has 3 aromatic rings. The molecule has 1 N–H and O–H groups in total. The highest BCUT2D eigenvalue weighted by Gasteiger charge is 2.27. The van der Waals surface area contributed by atoms with Crippen molar-refractivity contribution in [2.45, 2.75) is 25.9 Å². The van der Waals surface area contributed by atoms with Crippen molar-refractivity contribution >= 4 is 11.7 Å². The van der Waals surface area contributed by atoms with Crippen molar-refractivity contribution < 1.29 is 13.6 Å². The highest BCUT2D eigenvalue weighted by Crippen LogP contribution is 2.28. The van der Waals surface area contributed by atoms with E-state index in [2.05, 4.69) is 27.4 Å². The van der Waals surface area contributed by atoms with Crippen molar-refractivity contribution in [3.8, 4) is 0 Å². The van der Waals surface area contributed by atoms with E-state index in [9.17, 15) is 13.6 Å². The summed E-state index contributed by atoms with van der Waals surface area (Å²) < 4.78 is 28.7. The largest absolute Gasteiger partial charge is 0.307 e. The van der Waals surface area contributed by atoms with Crippen LogP contribution in [0.5, 0.6) is 0 Å². The zero-order valence-corrected chi connectivity index (χ0v) is 16.1. The fourth-order valence-corrected chi connectivity index (χ4v) is 3.74. The molecule has 0 aliphatic carbocycles. The number of hydrogen-bond donors (Lipinski definition) is 1. The van der Waals surface area contributed by atoms with Crippen molar-refractivity contribution in [2.24, 2.45) is 0 Å². The second kappa shape index (κ2) is 8.13. The summed E-state index contributed by atoms with van der Waals surface area (Å²) in [4.78, 5) is 14.9. The van der Waals surface area contributed by atoms with Gasteiger partial charge in [0.1, 0.15) is 17.5 Å². The number of nitrogens with zero attached hydrogens (tertiary/aromatic N) is 3. The molecule has 1 aliphatic rings. The van der Waals surface area contributed by atoms with E-state index < -0.39 is 17.5 Å². The fraction of sp³-hybridized carbons (Fsp3) is 0.273. The van der Waals surface area contributed by atoms with Gasteiger partial charge < -0.3 is 5.32 Å². The maximum atomic E-state index is 13.5. The van der Waals surface area contributed by atoms with Crippen LogP contribution in [0.2, 0.25) is 0 Å². The van der Waals surface area contributed by atoms with E-state index in [0.717, 1.165) is 49.8 Å². The summed E-state index contributed by atoms with van der Waals surface area (Å²) in [6, 6.07) is 13.2. The van der Waals surface area contributed by atoms with Gasteiger partial charge in [-0.3, -0.25) is 9.69 Å². The quantitative estimate of drug-likeness (QED) is 0.704.